The average molecular weight is 364 g/mol. The molecule has 27 heavy (non-hydrogen) atoms. The van der Waals surface area contributed by atoms with Gasteiger partial charge in [0.1, 0.15) is 0 Å². The summed E-state index contributed by atoms with van der Waals surface area (Å²) in [7, 11) is 0. The molecular weight excluding hydrogens is 336 g/mol. The fraction of sp³-hybridized carbons (Fsp3) is 0.391. The molecule has 4 heteroatoms. The van der Waals surface area contributed by atoms with E-state index in [0.29, 0.717) is 23.0 Å². The fourth-order valence-corrected chi connectivity index (χ4v) is 3.31. The minimum atomic E-state index is -0.168. The van der Waals surface area contributed by atoms with Crippen LogP contribution in [0.4, 0.5) is 5.69 Å². The van der Waals surface area contributed by atoms with Crippen molar-refractivity contribution in [3.8, 4) is 0 Å². The van der Waals surface area contributed by atoms with Crippen LogP contribution in [-0.4, -0.2) is 29.8 Å². The molecule has 0 atom stereocenters. The number of nitrogens with zero attached hydrogens (tertiary/aromatic N) is 1. The van der Waals surface area contributed by atoms with Gasteiger partial charge in [0.05, 0.1) is 0 Å². The number of anilines is 1. The van der Waals surface area contributed by atoms with Crippen LogP contribution in [0.5, 0.6) is 0 Å². The van der Waals surface area contributed by atoms with Crippen molar-refractivity contribution in [3.63, 3.8) is 0 Å². The molecule has 0 aromatic heterocycles. The Kier molecular flexibility index (Phi) is 5.94. The zero-order chi connectivity index (χ0) is 19.4. The lowest BCUT2D eigenvalue weighted by atomic mass is 9.98. The van der Waals surface area contributed by atoms with E-state index < -0.39 is 0 Å². The SMILES string of the molecule is CC1CCN(C(=O)c2ccc(C(=O)Nc3ccc(C(C)C)cc3)cc2)CC1. The van der Waals surface area contributed by atoms with Crippen LogP contribution < -0.4 is 5.32 Å². The van der Waals surface area contributed by atoms with Crippen molar-refractivity contribution in [2.75, 3.05) is 18.4 Å². The Morgan fingerprint density at radius 2 is 1.48 bits per heavy atom. The maximum atomic E-state index is 12.6. The van der Waals surface area contributed by atoms with Crippen molar-refractivity contribution in [2.45, 2.75) is 39.5 Å². The van der Waals surface area contributed by atoms with E-state index in [4.69, 9.17) is 0 Å². The van der Waals surface area contributed by atoms with Gasteiger partial charge < -0.3 is 10.2 Å². The third kappa shape index (κ3) is 4.76. The minimum absolute atomic E-state index is 0.0538. The molecule has 1 N–H and O–H groups in total. The lowest BCUT2D eigenvalue weighted by molar-refractivity contribution is 0.0697. The van der Waals surface area contributed by atoms with E-state index in [1.165, 1.54) is 5.56 Å². The van der Waals surface area contributed by atoms with E-state index in [-0.39, 0.29) is 11.8 Å². The molecule has 4 nitrogen and oxygen atoms in total. The lowest BCUT2D eigenvalue weighted by Crippen LogP contribution is -2.37. The number of hydrogen-bond donors (Lipinski definition) is 1. The van der Waals surface area contributed by atoms with E-state index in [9.17, 15) is 9.59 Å². The number of nitrogens with one attached hydrogen (secondary N) is 1. The summed E-state index contributed by atoms with van der Waals surface area (Å²) in [6.07, 6.45) is 2.11. The van der Waals surface area contributed by atoms with Crippen LogP contribution in [-0.2, 0) is 0 Å². The van der Waals surface area contributed by atoms with E-state index in [0.717, 1.165) is 31.6 Å². The van der Waals surface area contributed by atoms with Gasteiger partial charge in [-0.1, -0.05) is 32.9 Å². The number of hydrogen-bond acceptors (Lipinski definition) is 2. The quantitative estimate of drug-likeness (QED) is 0.836. The highest BCUT2D eigenvalue weighted by Crippen LogP contribution is 2.20. The van der Waals surface area contributed by atoms with E-state index in [1.807, 2.05) is 29.2 Å². The number of rotatable bonds is 4. The molecule has 0 spiro atoms. The smallest absolute Gasteiger partial charge is 0.255 e. The van der Waals surface area contributed by atoms with E-state index in [2.05, 4.69) is 26.1 Å². The molecule has 0 bridgehead atoms. The number of likely N-dealkylation sites (tertiary alicyclic amines) is 1. The standard InChI is InChI=1S/C23H28N2O2/c1-16(2)18-8-10-21(11-9-18)24-22(26)19-4-6-20(7-5-19)23(27)25-14-12-17(3)13-15-25/h4-11,16-17H,12-15H2,1-3H3,(H,24,26). The Morgan fingerprint density at radius 1 is 0.926 bits per heavy atom. The van der Waals surface area contributed by atoms with Gasteiger partial charge in [-0.3, -0.25) is 9.59 Å². The summed E-state index contributed by atoms with van der Waals surface area (Å²) in [6, 6.07) is 14.8. The van der Waals surface area contributed by atoms with Crippen molar-refractivity contribution < 1.29 is 9.59 Å². The molecule has 2 amide bonds. The first kappa shape index (κ1) is 19.2. The first-order valence-electron chi connectivity index (χ1n) is 9.74. The van der Waals surface area contributed by atoms with Gasteiger partial charge in [0.2, 0.25) is 0 Å². The highest BCUT2D eigenvalue weighted by molar-refractivity contribution is 6.05. The molecule has 0 radical (unpaired) electrons. The van der Waals surface area contributed by atoms with Gasteiger partial charge in [0.15, 0.2) is 0 Å². The molecule has 1 heterocycles. The number of amides is 2. The maximum Gasteiger partial charge on any atom is 0.255 e. The van der Waals surface area contributed by atoms with Crippen molar-refractivity contribution >= 4 is 17.5 Å². The zero-order valence-corrected chi connectivity index (χ0v) is 16.4. The molecule has 1 aliphatic heterocycles. The molecule has 0 saturated carbocycles. The van der Waals surface area contributed by atoms with Crippen molar-refractivity contribution in [1.29, 1.82) is 0 Å². The van der Waals surface area contributed by atoms with Gasteiger partial charge in [-0.15, -0.1) is 0 Å². The molecule has 1 aliphatic rings. The Morgan fingerprint density at radius 3 is 2.04 bits per heavy atom. The maximum absolute atomic E-state index is 12.6. The number of carbonyl (C=O) groups is 2. The van der Waals surface area contributed by atoms with Crippen molar-refractivity contribution in [1.82, 2.24) is 4.90 Å². The summed E-state index contributed by atoms with van der Waals surface area (Å²) in [4.78, 5) is 26.9. The Hall–Kier alpha value is -2.62. The lowest BCUT2D eigenvalue weighted by Gasteiger charge is -2.30. The second kappa shape index (κ2) is 8.38. The Labute approximate surface area is 161 Å². The fourth-order valence-electron chi connectivity index (χ4n) is 3.31. The summed E-state index contributed by atoms with van der Waals surface area (Å²) in [5.74, 6) is 1.04. The molecule has 0 unspecified atom stereocenters. The predicted molar refractivity (Wildman–Crippen MR) is 109 cm³/mol. The normalized spacial score (nSPS) is 15.0. The first-order valence-corrected chi connectivity index (χ1v) is 9.74. The van der Waals surface area contributed by atoms with Gasteiger partial charge in [-0.2, -0.15) is 0 Å². The summed E-state index contributed by atoms with van der Waals surface area (Å²) < 4.78 is 0. The number of piperidine rings is 1. The van der Waals surface area contributed by atoms with Crippen LogP contribution in [0.1, 0.15) is 65.8 Å². The van der Waals surface area contributed by atoms with Gasteiger partial charge in [0.25, 0.3) is 11.8 Å². The number of benzene rings is 2. The Bertz CT molecular complexity index is 786. The third-order valence-corrected chi connectivity index (χ3v) is 5.30. The van der Waals surface area contributed by atoms with E-state index in [1.54, 1.807) is 24.3 Å². The largest absolute Gasteiger partial charge is 0.339 e. The summed E-state index contributed by atoms with van der Waals surface area (Å²) in [6.45, 7) is 8.14. The van der Waals surface area contributed by atoms with Gasteiger partial charge in [0, 0.05) is 29.9 Å². The van der Waals surface area contributed by atoms with Crippen LogP contribution in [0.25, 0.3) is 0 Å². The molecule has 1 fully saturated rings. The Balaban J connectivity index is 1.62. The van der Waals surface area contributed by atoms with Crippen LogP contribution in [0.15, 0.2) is 48.5 Å². The van der Waals surface area contributed by atoms with Crippen LogP contribution in [0.2, 0.25) is 0 Å². The highest BCUT2D eigenvalue weighted by atomic mass is 16.2. The number of carbonyl (C=O) groups excluding carboxylic acids is 2. The molecular formula is C23H28N2O2. The topological polar surface area (TPSA) is 49.4 Å². The molecule has 2 aromatic carbocycles. The van der Waals surface area contributed by atoms with E-state index >= 15 is 0 Å². The average Bonchev–Trinajstić information content (AvgIpc) is 2.68. The van der Waals surface area contributed by atoms with Crippen LogP contribution in [0.3, 0.4) is 0 Å². The molecule has 142 valence electrons. The zero-order valence-electron chi connectivity index (χ0n) is 16.4. The minimum Gasteiger partial charge on any atom is -0.339 e. The second-order valence-corrected chi connectivity index (χ2v) is 7.78. The molecule has 2 aromatic rings. The summed E-state index contributed by atoms with van der Waals surface area (Å²) in [5.41, 5.74) is 3.20. The first-order chi connectivity index (χ1) is 12.9. The molecule has 1 saturated heterocycles. The van der Waals surface area contributed by atoms with Crippen molar-refractivity contribution in [3.05, 3.63) is 65.2 Å². The van der Waals surface area contributed by atoms with Gasteiger partial charge in [-0.25, -0.2) is 0 Å². The third-order valence-electron chi connectivity index (χ3n) is 5.30. The van der Waals surface area contributed by atoms with Crippen LogP contribution >= 0.6 is 0 Å². The van der Waals surface area contributed by atoms with Crippen LogP contribution in [0, 0.1) is 5.92 Å². The van der Waals surface area contributed by atoms with Gasteiger partial charge >= 0.3 is 0 Å². The monoisotopic (exact) mass is 364 g/mol. The second-order valence-electron chi connectivity index (χ2n) is 7.78. The summed E-state index contributed by atoms with van der Waals surface area (Å²) in [5, 5.41) is 2.91. The molecule has 3 rings (SSSR count). The predicted octanol–water partition coefficient (Wildman–Crippen LogP) is 4.93. The summed E-state index contributed by atoms with van der Waals surface area (Å²) >= 11 is 0. The van der Waals surface area contributed by atoms with Crippen molar-refractivity contribution in [2.24, 2.45) is 5.92 Å². The van der Waals surface area contributed by atoms with Gasteiger partial charge in [-0.05, 0) is 66.6 Å². The molecule has 0 aliphatic carbocycles. The highest BCUT2D eigenvalue weighted by Gasteiger charge is 2.21.